The number of ether oxygens (including phenoxy) is 1. The van der Waals surface area contributed by atoms with Crippen molar-refractivity contribution in [2.75, 3.05) is 36.9 Å². The Morgan fingerprint density at radius 3 is 2.42 bits per heavy atom. The zero-order valence-electron chi connectivity index (χ0n) is 11.2. The van der Waals surface area contributed by atoms with Gasteiger partial charge in [0.1, 0.15) is 6.33 Å². The molecule has 0 fully saturated rings. The van der Waals surface area contributed by atoms with Crippen molar-refractivity contribution in [2.45, 2.75) is 20.3 Å². The van der Waals surface area contributed by atoms with Crippen LogP contribution in [0, 0.1) is 10.1 Å². The molecule has 1 aromatic heterocycles. The SMILES string of the molecule is CCCNc1ncnc(NCCOCC)c1[N+](=O)[O-]. The van der Waals surface area contributed by atoms with Crippen LogP contribution in [-0.2, 0) is 4.74 Å². The molecule has 19 heavy (non-hydrogen) atoms. The van der Waals surface area contributed by atoms with Gasteiger partial charge < -0.3 is 15.4 Å². The number of nitrogens with zero attached hydrogens (tertiary/aromatic N) is 3. The normalized spacial score (nSPS) is 10.2. The third-order valence-electron chi connectivity index (χ3n) is 2.29. The van der Waals surface area contributed by atoms with E-state index in [2.05, 4.69) is 20.6 Å². The molecule has 0 amide bonds. The first-order valence-corrected chi connectivity index (χ1v) is 6.25. The minimum Gasteiger partial charge on any atom is -0.380 e. The van der Waals surface area contributed by atoms with Gasteiger partial charge in [-0.05, 0) is 13.3 Å². The van der Waals surface area contributed by atoms with E-state index in [0.717, 1.165) is 6.42 Å². The van der Waals surface area contributed by atoms with E-state index >= 15 is 0 Å². The molecule has 2 N–H and O–H groups in total. The highest BCUT2D eigenvalue weighted by Crippen LogP contribution is 2.28. The van der Waals surface area contributed by atoms with Crippen LogP contribution in [0.2, 0.25) is 0 Å². The maximum absolute atomic E-state index is 11.1. The van der Waals surface area contributed by atoms with Crippen LogP contribution in [0.4, 0.5) is 17.3 Å². The van der Waals surface area contributed by atoms with Crippen molar-refractivity contribution in [3.63, 3.8) is 0 Å². The molecular formula is C11H19N5O3. The van der Waals surface area contributed by atoms with Crippen LogP contribution in [0.25, 0.3) is 0 Å². The molecule has 8 nitrogen and oxygen atoms in total. The van der Waals surface area contributed by atoms with Crippen LogP contribution in [0.5, 0.6) is 0 Å². The lowest BCUT2D eigenvalue weighted by atomic mass is 10.4. The van der Waals surface area contributed by atoms with Gasteiger partial charge in [-0.3, -0.25) is 10.1 Å². The largest absolute Gasteiger partial charge is 0.380 e. The summed E-state index contributed by atoms with van der Waals surface area (Å²) >= 11 is 0. The quantitative estimate of drug-likeness (QED) is 0.399. The van der Waals surface area contributed by atoms with Crippen molar-refractivity contribution in [3.05, 3.63) is 16.4 Å². The molecule has 8 heteroatoms. The monoisotopic (exact) mass is 269 g/mol. The summed E-state index contributed by atoms with van der Waals surface area (Å²) < 4.78 is 5.16. The van der Waals surface area contributed by atoms with E-state index in [0.29, 0.717) is 26.3 Å². The average Bonchev–Trinajstić information content (AvgIpc) is 2.41. The lowest BCUT2D eigenvalue weighted by Crippen LogP contribution is -2.14. The number of hydrogen-bond acceptors (Lipinski definition) is 7. The third-order valence-corrected chi connectivity index (χ3v) is 2.29. The number of hydrogen-bond donors (Lipinski definition) is 2. The standard InChI is InChI=1S/C11H19N5O3/c1-3-5-12-10-9(16(17)18)11(15-8-14-10)13-6-7-19-4-2/h8H,3-7H2,1-2H3,(H2,12,13,14,15). The van der Waals surface area contributed by atoms with Crippen LogP contribution in [0.15, 0.2) is 6.33 Å². The molecule has 0 saturated heterocycles. The summed E-state index contributed by atoms with van der Waals surface area (Å²) in [6.45, 7) is 6.02. The van der Waals surface area contributed by atoms with Gasteiger partial charge in [-0.25, -0.2) is 9.97 Å². The van der Waals surface area contributed by atoms with Gasteiger partial charge >= 0.3 is 5.69 Å². The van der Waals surface area contributed by atoms with E-state index in [1.165, 1.54) is 6.33 Å². The number of aromatic nitrogens is 2. The lowest BCUT2D eigenvalue weighted by Gasteiger charge is -2.09. The summed E-state index contributed by atoms with van der Waals surface area (Å²) in [5.74, 6) is 0.444. The van der Waals surface area contributed by atoms with Crippen LogP contribution in [-0.4, -0.2) is 41.2 Å². The fraction of sp³-hybridized carbons (Fsp3) is 0.636. The maximum Gasteiger partial charge on any atom is 0.353 e. The minimum atomic E-state index is -0.485. The van der Waals surface area contributed by atoms with Gasteiger partial charge in [0.2, 0.25) is 11.6 Å². The molecule has 1 rings (SSSR count). The van der Waals surface area contributed by atoms with Gasteiger partial charge in [0.05, 0.1) is 11.5 Å². The smallest absolute Gasteiger partial charge is 0.353 e. The lowest BCUT2D eigenvalue weighted by molar-refractivity contribution is -0.383. The maximum atomic E-state index is 11.1. The van der Waals surface area contributed by atoms with Gasteiger partial charge in [0.15, 0.2) is 0 Å². The molecule has 0 aliphatic heterocycles. The van der Waals surface area contributed by atoms with Crippen molar-refractivity contribution >= 4 is 17.3 Å². The molecule has 0 unspecified atom stereocenters. The summed E-state index contributed by atoms with van der Waals surface area (Å²) in [6, 6.07) is 0. The Kier molecular flexibility index (Phi) is 6.51. The predicted octanol–water partition coefficient (Wildman–Crippen LogP) is 1.66. The summed E-state index contributed by atoms with van der Waals surface area (Å²) in [6.07, 6.45) is 2.16. The first-order valence-electron chi connectivity index (χ1n) is 6.25. The van der Waals surface area contributed by atoms with Gasteiger partial charge in [-0.15, -0.1) is 0 Å². The second-order valence-electron chi connectivity index (χ2n) is 3.73. The Morgan fingerprint density at radius 2 is 1.89 bits per heavy atom. The average molecular weight is 269 g/mol. The van der Waals surface area contributed by atoms with Crippen LogP contribution < -0.4 is 10.6 Å². The van der Waals surface area contributed by atoms with E-state index in [9.17, 15) is 10.1 Å². The molecule has 0 spiro atoms. The molecule has 0 aromatic carbocycles. The summed E-state index contributed by atoms with van der Waals surface area (Å²) in [5, 5.41) is 16.9. The second-order valence-corrected chi connectivity index (χ2v) is 3.73. The van der Waals surface area contributed by atoms with Gasteiger partial charge in [0, 0.05) is 19.7 Å². The topological polar surface area (TPSA) is 102 Å². The second kappa shape index (κ2) is 8.20. The third kappa shape index (κ3) is 4.66. The summed E-state index contributed by atoms with van der Waals surface area (Å²) in [5.41, 5.74) is -0.132. The highest BCUT2D eigenvalue weighted by molar-refractivity contribution is 5.69. The zero-order chi connectivity index (χ0) is 14.1. The van der Waals surface area contributed by atoms with Crippen LogP contribution in [0.3, 0.4) is 0 Å². The molecule has 0 atom stereocenters. The number of rotatable bonds is 9. The van der Waals surface area contributed by atoms with Crippen LogP contribution in [0.1, 0.15) is 20.3 Å². The van der Waals surface area contributed by atoms with E-state index < -0.39 is 4.92 Å². The van der Waals surface area contributed by atoms with Crippen molar-refractivity contribution in [1.29, 1.82) is 0 Å². The first-order chi connectivity index (χ1) is 9.20. The van der Waals surface area contributed by atoms with E-state index in [1.54, 1.807) is 0 Å². The number of nitro groups is 1. The molecule has 1 aromatic rings. The summed E-state index contributed by atoms with van der Waals surface area (Å²) in [4.78, 5) is 18.4. The van der Waals surface area contributed by atoms with E-state index in [1.807, 2.05) is 13.8 Å². The van der Waals surface area contributed by atoms with Gasteiger partial charge in [0.25, 0.3) is 0 Å². The molecule has 0 bridgehead atoms. The Morgan fingerprint density at radius 1 is 1.26 bits per heavy atom. The first kappa shape index (κ1) is 15.1. The highest BCUT2D eigenvalue weighted by atomic mass is 16.6. The Hall–Kier alpha value is -1.96. The summed E-state index contributed by atoms with van der Waals surface area (Å²) in [7, 11) is 0. The fourth-order valence-corrected chi connectivity index (χ4v) is 1.44. The van der Waals surface area contributed by atoms with Crippen molar-refractivity contribution in [1.82, 2.24) is 9.97 Å². The van der Waals surface area contributed by atoms with Crippen molar-refractivity contribution in [2.24, 2.45) is 0 Å². The Balaban J connectivity index is 2.80. The van der Waals surface area contributed by atoms with Gasteiger partial charge in [-0.1, -0.05) is 6.92 Å². The molecule has 0 aliphatic carbocycles. The Labute approximate surface area is 111 Å². The zero-order valence-corrected chi connectivity index (χ0v) is 11.2. The molecule has 1 heterocycles. The molecular weight excluding hydrogens is 250 g/mol. The van der Waals surface area contributed by atoms with Crippen LogP contribution >= 0.6 is 0 Å². The molecule has 0 aliphatic rings. The highest BCUT2D eigenvalue weighted by Gasteiger charge is 2.22. The molecule has 106 valence electrons. The number of nitrogens with one attached hydrogen (secondary N) is 2. The fourth-order valence-electron chi connectivity index (χ4n) is 1.44. The van der Waals surface area contributed by atoms with Crippen molar-refractivity contribution < 1.29 is 9.66 Å². The van der Waals surface area contributed by atoms with Gasteiger partial charge in [-0.2, -0.15) is 0 Å². The van der Waals surface area contributed by atoms with E-state index in [-0.39, 0.29) is 17.3 Å². The molecule has 0 radical (unpaired) electrons. The van der Waals surface area contributed by atoms with Crippen molar-refractivity contribution in [3.8, 4) is 0 Å². The molecule has 0 saturated carbocycles. The minimum absolute atomic E-state index is 0.132. The predicted molar refractivity (Wildman–Crippen MR) is 72.4 cm³/mol. The Bertz CT molecular complexity index is 413. The van der Waals surface area contributed by atoms with E-state index in [4.69, 9.17) is 4.74 Å². The number of anilines is 2.